The first-order valence-corrected chi connectivity index (χ1v) is 7.67. The standard InChI is InChI=1S/C21H14O4/c22-19(15-9-3-1-4-10-15)17-13-7-8-14-18(17)21(24)25-20(23)16-11-5-2-6-12-16/h1-14H. The minimum absolute atomic E-state index is 0.0561. The number of hydrogen-bond acceptors (Lipinski definition) is 4. The largest absolute Gasteiger partial charge is 0.386 e. The van der Waals surface area contributed by atoms with Crippen LogP contribution >= 0.6 is 0 Å². The smallest absolute Gasteiger partial charge is 0.346 e. The van der Waals surface area contributed by atoms with Crippen LogP contribution in [0.4, 0.5) is 0 Å². The van der Waals surface area contributed by atoms with E-state index in [2.05, 4.69) is 0 Å². The van der Waals surface area contributed by atoms with Crippen LogP contribution in [0, 0.1) is 0 Å². The van der Waals surface area contributed by atoms with Gasteiger partial charge in [-0.05, 0) is 18.2 Å². The summed E-state index contributed by atoms with van der Waals surface area (Å²) >= 11 is 0. The Morgan fingerprint density at radius 1 is 0.520 bits per heavy atom. The molecule has 0 aliphatic rings. The lowest BCUT2D eigenvalue weighted by atomic mass is 9.98. The summed E-state index contributed by atoms with van der Waals surface area (Å²) in [6.45, 7) is 0. The van der Waals surface area contributed by atoms with Crippen molar-refractivity contribution >= 4 is 17.7 Å². The molecule has 4 heteroatoms. The molecular weight excluding hydrogens is 316 g/mol. The zero-order chi connectivity index (χ0) is 17.6. The normalized spacial score (nSPS) is 10.1. The molecule has 0 unspecified atom stereocenters. The molecule has 0 bridgehead atoms. The highest BCUT2D eigenvalue weighted by atomic mass is 16.6. The predicted octanol–water partition coefficient (Wildman–Crippen LogP) is 3.91. The maximum atomic E-state index is 12.6. The lowest BCUT2D eigenvalue weighted by molar-refractivity contribution is 0.0396. The molecule has 0 aliphatic heterocycles. The van der Waals surface area contributed by atoms with Gasteiger partial charge in [0, 0.05) is 11.1 Å². The highest BCUT2D eigenvalue weighted by molar-refractivity contribution is 6.15. The Hall–Kier alpha value is -3.53. The molecule has 0 radical (unpaired) electrons. The minimum Gasteiger partial charge on any atom is -0.386 e. The SMILES string of the molecule is O=C(OC(=O)c1ccccc1C(=O)c1ccccc1)c1ccccc1. The minimum atomic E-state index is -0.853. The first kappa shape index (κ1) is 16.3. The summed E-state index contributed by atoms with van der Waals surface area (Å²) in [5, 5.41) is 0. The molecule has 0 fully saturated rings. The molecule has 3 aromatic carbocycles. The zero-order valence-electron chi connectivity index (χ0n) is 13.2. The van der Waals surface area contributed by atoms with Crippen LogP contribution in [0.5, 0.6) is 0 Å². The third kappa shape index (κ3) is 3.70. The highest BCUT2D eigenvalue weighted by Gasteiger charge is 2.21. The Kier molecular flexibility index (Phi) is 4.81. The highest BCUT2D eigenvalue weighted by Crippen LogP contribution is 2.16. The second kappa shape index (κ2) is 7.36. The molecule has 25 heavy (non-hydrogen) atoms. The maximum Gasteiger partial charge on any atom is 0.346 e. The second-order valence-corrected chi connectivity index (χ2v) is 5.28. The van der Waals surface area contributed by atoms with Gasteiger partial charge in [0.25, 0.3) is 0 Å². The van der Waals surface area contributed by atoms with Crippen molar-refractivity contribution < 1.29 is 19.1 Å². The van der Waals surface area contributed by atoms with Crippen LogP contribution < -0.4 is 0 Å². The van der Waals surface area contributed by atoms with Gasteiger partial charge < -0.3 is 4.74 Å². The van der Waals surface area contributed by atoms with Crippen molar-refractivity contribution in [2.75, 3.05) is 0 Å². The van der Waals surface area contributed by atoms with Crippen molar-refractivity contribution in [3.8, 4) is 0 Å². The molecule has 3 rings (SSSR count). The van der Waals surface area contributed by atoms with Crippen molar-refractivity contribution in [1.82, 2.24) is 0 Å². The van der Waals surface area contributed by atoms with E-state index >= 15 is 0 Å². The number of rotatable bonds is 4. The second-order valence-electron chi connectivity index (χ2n) is 5.28. The number of carbonyl (C=O) groups excluding carboxylic acids is 3. The fourth-order valence-corrected chi connectivity index (χ4v) is 2.38. The van der Waals surface area contributed by atoms with Gasteiger partial charge in [-0.25, -0.2) is 9.59 Å². The number of carbonyl (C=O) groups is 3. The van der Waals surface area contributed by atoms with Gasteiger partial charge in [0.1, 0.15) is 0 Å². The van der Waals surface area contributed by atoms with Gasteiger partial charge in [-0.15, -0.1) is 0 Å². The van der Waals surface area contributed by atoms with Gasteiger partial charge in [0.2, 0.25) is 0 Å². The van der Waals surface area contributed by atoms with Crippen LogP contribution in [0.3, 0.4) is 0 Å². The first-order valence-electron chi connectivity index (χ1n) is 7.67. The molecule has 3 aromatic rings. The van der Waals surface area contributed by atoms with Crippen LogP contribution in [0.1, 0.15) is 36.6 Å². The molecule has 0 spiro atoms. The lowest BCUT2D eigenvalue weighted by Crippen LogP contribution is -2.16. The maximum absolute atomic E-state index is 12.6. The summed E-state index contributed by atoms with van der Waals surface area (Å²) in [6.07, 6.45) is 0. The summed E-state index contributed by atoms with van der Waals surface area (Å²) in [6, 6.07) is 23.1. The van der Waals surface area contributed by atoms with Gasteiger partial charge in [0.15, 0.2) is 5.78 Å². The van der Waals surface area contributed by atoms with E-state index in [1.54, 1.807) is 78.9 Å². The van der Waals surface area contributed by atoms with Crippen LogP contribution in [0.2, 0.25) is 0 Å². The van der Waals surface area contributed by atoms with Crippen molar-refractivity contribution in [2.24, 2.45) is 0 Å². The molecular formula is C21H14O4. The molecule has 0 aliphatic carbocycles. The molecule has 4 nitrogen and oxygen atoms in total. The van der Waals surface area contributed by atoms with Crippen molar-refractivity contribution in [3.63, 3.8) is 0 Å². The molecule has 122 valence electrons. The van der Waals surface area contributed by atoms with Crippen LogP contribution in [0.25, 0.3) is 0 Å². The van der Waals surface area contributed by atoms with Gasteiger partial charge in [-0.3, -0.25) is 4.79 Å². The van der Waals surface area contributed by atoms with E-state index < -0.39 is 11.9 Å². The Morgan fingerprint density at radius 2 is 1.00 bits per heavy atom. The molecule has 0 aromatic heterocycles. The lowest BCUT2D eigenvalue weighted by Gasteiger charge is -2.08. The predicted molar refractivity (Wildman–Crippen MR) is 92.5 cm³/mol. The van der Waals surface area contributed by atoms with Crippen molar-refractivity contribution in [2.45, 2.75) is 0 Å². The van der Waals surface area contributed by atoms with E-state index in [1.165, 1.54) is 6.07 Å². The monoisotopic (exact) mass is 330 g/mol. The molecule has 0 saturated carbocycles. The zero-order valence-corrected chi connectivity index (χ0v) is 13.2. The number of hydrogen-bond donors (Lipinski definition) is 0. The van der Waals surface area contributed by atoms with Gasteiger partial charge in [0.05, 0.1) is 11.1 Å². The Balaban J connectivity index is 1.87. The quantitative estimate of drug-likeness (QED) is 0.413. The molecule has 0 N–H and O–H groups in total. The van der Waals surface area contributed by atoms with Crippen molar-refractivity contribution in [3.05, 3.63) is 107 Å². The number of benzene rings is 3. The third-order valence-corrected chi connectivity index (χ3v) is 3.62. The average molecular weight is 330 g/mol. The number of ether oxygens (including phenoxy) is 1. The summed E-state index contributed by atoms with van der Waals surface area (Å²) in [5.74, 6) is -1.92. The summed E-state index contributed by atoms with van der Waals surface area (Å²) in [5.41, 5.74) is 0.972. The topological polar surface area (TPSA) is 60.4 Å². The molecule has 0 atom stereocenters. The van der Waals surface area contributed by atoms with Crippen molar-refractivity contribution in [1.29, 1.82) is 0 Å². The van der Waals surface area contributed by atoms with Crippen LogP contribution in [-0.2, 0) is 4.74 Å². The van der Waals surface area contributed by atoms with E-state index in [1.807, 2.05) is 0 Å². The fourth-order valence-electron chi connectivity index (χ4n) is 2.38. The summed E-state index contributed by atoms with van der Waals surface area (Å²) in [4.78, 5) is 37.1. The van der Waals surface area contributed by atoms with E-state index in [4.69, 9.17) is 4.74 Å². The van der Waals surface area contributed by atoms with Crippen LogP contribution in [0.15, 0.2) is 84.9 Å². The Bertz CT molecular complexity index is 915. The molecule has 0 heterocycles. The van der Waals surface area contributed by atoms with E-state index in [9.17, 15) is 14.4 Å². The van der Waals surface area contributed by atoms with Gasteiger partial charge in [-0.2, -0.15) is 0 Å². The van der Waals surface area contributed by atoms with Gasteiger partial charge in [-0.1, -0.05) is 66.7 Å². The molecule has 0 saturated heterocycles. The first-order chi connectivity index (χ1) is 12.2. The van der Waals surface area contributed by atoms with E-state index in [-0.39, 0.29) is 22.5 Å². The van der Waals surface area contributed by atoms with E-state index in [0.29, 0.717) is 5.56 Å². The fraction of sp³-hybridized carbons (Fsp3) is 0. The number of esters is 2. The Morgan fingerprint density at radius 3 is 1.60 bits per heavy atom. The Labute approximate surface area is 144 Å². The molecule has 0 amide bonds. The average Bonchev–Trinajstić information content (AvgIpc) is 2.68. The number of ketones is 1. The van der Waals surface area contributed by atoms with Gasteiger partial charge >= 0.3 is 11.9 Å². The van der Waals surface area contributed by atoms with Crippen LogP contribution in [-0.4, -0.2) is 17.7 Å². The summed E-state index contributed by atoms with van der Waals surface area (Å²) in [7, 11) is 0. The third-order valence-electron chi connectivity index (χ3n) is 3.62. The van der Waals surface area contributed by atoms with E-state index in [0.717, 1.165) is 0 Å². The summed E-state index contributed by atoms with van der Waals surface area (Å²) < 4.78 is 4.92.